The number of aliphatic hydroxyl groups excluding tert-OH is 2. The van der Waals surface area contributed by atoms with Gasteiger partial charge in [-0.05, 0) is 12.1 Å². The van der Waals surface area contributed by atoms with Crippen LogP contribution in [0, 0.1) is 0 Å². The van der Waals surface area contributed by atoms with Crippen molar-refractivity contribution >= 4 is 32.7 Å². The molecule has 1 fully saturated rings. The first-order valence-corrected chi connectivity index (χ1v) is 10.9. The number of amides is 1. The average molecular weight is 433 g/mol. The van der Waals surface area contributed by atoms with Gasteiger partial charge in [-0.3, -0.25) is 9.36 Å². The molecule has 0 aliphatic carbocycles. The lowest BCUT2D eigenvalue weighted by atomic mass is 10.2. The number of aromatic nitrogens is 4. The predicted octanol–water partition coefficient (Wildman–Crippen LogP) is -0.258. The van der Waals surface area contributed by atoms with E-state index in [9.17, 15) is 23.4 Å². The maximum atomic E-state index is 12.5. The molecule has 1 aliphatic rings. The lowest BCUT2D eigenvalue weighted by Gasteiger charge is -2.19. The minimum atomic E-state index is -3.75. The van der Waals surface area contributed by atoms with E-state index in [-0.39, 0.29) is 17.0 Å². The van der Waals surface area contributed by atoms with Crippen molar-refractivity contribution in [3.63, 3.8) is 0 Å². The topological polar surface area (TPSA) is 157 Å². The van der Waals surface area contributed by atoms with Crippen LogP contribution in [0.5, 0.6) is 0 Å². The van der Waals surface area contributed by atoms with E-state index >= 15 is 0 Å². The van der Waals surface area contributed by atoms with Gasteiger partial charge in [-0.1, -0.05) is 18.2 Å². The van der Waals surface area contributed by atoms with Crippen LogP contribution in [0.3, 0.4) is 0 Å². The Morgan fingerprint density at radius 3 is 2.63 bits per heavy atom. The second-order valence-electron chi connectivity index (χ2n) is 6.90. The molecule has 0 spiro atoms. The molecule has 3 N–H and O–H groups in total. The highest BCUT2D eigenvalue weighted by Crippen LogP contribution is 2.36. The lowest BCUT2D eigenvalue weighted by Crippen LogP contribution is -2.38. The van der Waals surface area contributed by atoms with Crippen LogP contribution in [0.15, 0.2) is 43.0 Å². The minimum absolute atomic E-state index is 0.140. The van der Waals surface area contributed by atoms with E-state index in [1.807, 2.05) is 0 Å². The van der Waals surface area contributed by atoms with Crippen molar-refractivity contribution in [3.05, 3.63) is 48.5 Å². The third kappa shape index (κ3) is 3.54. The van der Waals surface area contributed by atoms with E-state index in [2.05, 4.69) is 20.3 Å². The Morgan fingerprint density at radius 1 is 1.23 bits per heavy atom. The van der Waals surface area contributed by atoms with E-state index in [1.54, 1.807) is 30.3 Å². The van der Waals surface area contributed by atoms with Crippen LogP contribution < -0.4 is 5.32 Å². The zero-order valence-electron chi connectivity index (χ0n) is 15.8. The summed E-state index contributed by atoms with van der Waals surface area (Å²) in [6, 6.07) is 8.53. The molecule has 2 unspecified atom stereocenters. The molecule has 1 saturated heterocycles. The van der Waals surface area contributed by atoms with E-state index in [4.69, 9.17) is 4.74 Å². The third-order valence-corrected chi connectivity index (χ3v) is 6.39. The molecule has 11 nitrogen and oxygen atoms in total. The van der Waals surface area contributed by atoms with Gasteiger partial charge in [0.25, 0.3) is 5.91 Å². The number of nitrogens with zero attached hydrogens (tertiary/aromatic N) is 4. The van der Waals surface area contributed by atoms with Gasteiger partial charge in [0.05, 0.1) is 12.9 Å². The minimum Gasteiger partial charge on any atom is -0.394 e. The zero-order valence-corrected chi connectivity index (χ0v) is 16.6. The van der Waals surface area contributed by atoms with Crippen LogP contribution in [-0.4, -0.2) is 74.4 Å². The van der Waals surface area contributed by atoms with E-state index < -0.39 is 46.0 Å². The summed E-state index contributed by atoms with van der Waals surface area (Å²) < 4.78 is 31.5. The van der Waals surface area contributed by atoms with Crippen LogP contribution in [0.4, 0.5) is 5.82 Å². The summed E-state index contributed by atoms with van der Waals surface area (Å²) in [5.41, 5.74) is 0.853. The summed E-state index contributed by atoms with van der Waals surface area (Å²) in [6.45, 7) is -0.552. The van der Waals surface area contributed by atoms with Gasteiger partial charge in [0.15, 0.2) is 33.0 Å². The largest absolute Gasteiger partial charge is 0.394 e. The number of anilines is 1. The fourth-order valence-electron chi connectivity index (χ4n) is 3.46. The number of imidazole rings is 1. The zero-order chi connectivity index (χ0) is 21.5. The Morgan fingerprint density at radius 2 is 1.97 bits per heavy atom. The molecule has 2 aromatic heterocycles. The molecule has 12 heteroatoms. The Hall–Kier alpha value is -2.93. The maximum Gasteiger partial charge on any atom is 0.256 e. The highest BCUT2D eigenvalue weighted by molar-refractivity contribution is 7.91. The molecule has 30 heavy (non-hydrogen) atoms. The smallest absolute Gasteiger partial charge is 0.256 e. The molecule has 0 bridgehead atoms. The molecule has 1 amide bonds. The highest BCUT2D eigenvalue weighted by atomic mass is 32.2. The summed E-state index contributed by atoms with van der Waals surface area (Å²) in [6.07, 6.45) is -0.183. The molecule has 4 atom stereocenters. The third-order valence-electron chi connectivity index (χ3n) is 4.89. The fourth-order valence-corrected chi connectivity index (χ4v) is 4.76. The second kappa shape index (κ2) is 7.72. The van der Waals surface area contributed by atoms with Crippen LogP contribution in [0.25, 0.3) is 11.2 Å². The second-order valence-corrected chi connectivity index (χ2v) is 9.10. The Kier molecular flexibility index (Phi) is 5.24. The monoisotopic (exact) mass is 433 g/mol. The quantitative estimate of drug-likeness (QED) is 0.493. The van der Waals surface area contributed by atoms with Crippen molar-refractivity contribution in [1.82, 2.24) is 19.5 Å². The number of hydrogen-bond acceptors (Lipinski definition) is 9. The van der Waals surface area contributed by atoms with Crippen molar-refractivity contribution in [2.24, 2.45) is 0 Å². The van der Waals surface area contributed by atoms with Crippen molar-refractivity contribution in [1.29, 1.82) is 0 Å². The molecule has 3 heterocycles. The van der Waals surface area contributed by atoms with Gasteiger partial charge in [-0.25, -0.2) is 23.4 Å². The van der Waals surface area contributed by atoms with Crippen molar-refractivity contribution in [3.8, 4) is 0 Å². The average Bonchev–Trinajstić information content (AvgIpc) is 3.29. The fraction of sp³-hybridized carbons (Fsp3) is 0.333. The van der Waals surface area contributed by atoms with Gasteiger partial charge in [0.1, 0.15) is 23.8 Å². The van der Waals surface area contributed by atoms with Crippen molar-refractivity contribution < 1.29 is 28.2 Å². The van der Waals surface area contributed by atoms with Crippen LogP contribution in [-0.2, 0) is 14.6 Å². The SMILES string of the molecule is CS(=O)(=O)C1C(O)[C@@H](CO)O[C@H]1n1cnc2c(NC(=O)c3ccccc3)ncnc21. The molecular weight excluding hydrogens is 414 g/mol. The lowest BCUT2D eigenvalue weighted by molar-refractivity contribution is -0.0431. The molecule has 4 rings (SSSR count). The molecule has 1 aliphatic heterocycles. The summed E-state index contributed by atoms with van der Waals surface area (Å²) >= 11 is 0. The molecule has 1 aromatic carbocycles. The van der Waals surface area contributed by atoms with E-state index in [0.29, 0.717) is 5.56 Å². The summed E-state index contributed by atoms with van der Waals surface area (Å²) in [5.74, 6) is -0.257. The first-order chi connectivity index (χ1) is 14.3. The van der Waals surface area contributed by atoms with Gasteiger partial charge in [-0.2, -0.15) is 0 Å². The number of hydrogen-bond donors (Lipinski definition) is 3. The number of carbonyl (C=O) groups excluding carboxylic acids is 1. The number of ether oxygens (including phenoxy) is 1. The first-order valence-electron chi connectivity index (χ1n) is 8.98. The van der Waals surface area contributed by atoms with Crippen LogP contribution in [0.1, 0.15) is 16.6 Å². The molecule has 158 valence electrons. The van der Waals surface area contributed by atoms with E-state index in [0.717, 1.165) is 6.26 Å². The number of benzene rings is 1. The molecular formula is C18H19N5O6S. The number of fused-ring (bicyclic) bond motifs is 1. The Balaban J connectivity index is 1.72. The first kappa shape index (κ1) is 20.3. The summed E-state index contributed by atoms with van der Waals surface area (Å²) in [5, 5.41) is 21.1. The number of rotatable bonds is 5. The predicted molar refractivity (Wildman–Crippen MR) is 105 cm³/mol. The van der Waals surface area contributed by atoms with E-state index in [1.165, 1.54) is 17.2 Å². The normalized spacial score (nSPS) is 24.2. The number of carbonyl (C=O) groups is 1. The Labute approximate surface area is 171 Å². The number of aliphatic hydroxyl groups is 2. The summed E-state index contributed by atoms with van der Waals surface area (Å²) in [4.78, 5) is 24.9. The van der Waals surface area contributed by atoms with Crippen LogP contribution in [0.2, 0.25) is 0 Å². The van der Waals surface area contributed by atoms with Gasteiger partial charge in [0.2, 0.25) is 0 Å². The van der Waals surface area contributed by atoms with Gasteiger partial charge < -0.3 is 20.3 Å². The van der Waals surface area contributed by atoms with Crippen LogP contribution >= 0.6 is 0 Å². The van der Waals surface area contributed by atoms with Gasteiger partial charge in [-0.15, -0.1) is 0 Å². The Bertz CT molecular complexity index is 1180. The molecule has 0 saturated carbocycles. The highest BCUT2D eigenvalue weighted by Gasteiger charge is 2.50. The standard InChI is InChI=1S/C18H19N5O6S/c1-30(27,28)14-13(25)11(7-24)29-18(14)23-9-21-12-15(19-8-20-16(12)23)22-17(26)10-5-3-2-4-6-10/h2-6,8-9,11,13-14,18,24-25H,7H2,1H3,(H,19,20,22,26)/t11-,13?,14?,18-/m1/s1. The summed E-state index contributed by atoms with van der Waals surface area (Å²) in [7, 11) is -3.75. The van der Waals surface area contributed by atoms with Crippen molar-refractivity contribution in [2.75, 3.05) is 18.2 Å². The number of nitrogens with one attached hydrogen (secondary N) is 1. The van der Waals surface area contributed by atoms with Gasteiger partial charge in [0, 0.05) is 11.8 Å². The molecule has 3 aromatic rings. The van der Waals surface area contributed by atoms with Crippen molar-refractivity contribution in [2.45, 2.75) is 23.7 Å². The molecule has 0 radical (unpaired) electrons. The van der Waals surface area contributed by atoms with Gasteiger partial charge >= 0.3 is 0 Å². The maximum absolute atomic E-state index is 12.5. The number of sulfone groups is 1.